The van der Waals surface area contributed by atoms with Crippen LogP contribution in [0.15, 0.2) is 12.1 Å². The van der Waals surface area contributed by atoms with Crippen molar-refractivity contribution in [3.63, 3.8) is 0 Å². The molecule has 0 aromatic heterocycles. The summed E-state index contributed by atoms with van der Waals surface area (Å²) in [6.07, 6.45) is 1.11. The number of benzene rings is 1. The molecule has 2 fully saturated rings. The maximum Gasteiger partial charge on any atom is 0.339 e. The van der Waals surface area contributed by atoms with E-state index >= 15 is 0 Å². The summed E-state index contributed by atoms with van der Waals surface area (Å²) >= 11 is 0. The number of nitrogens with one attached hydrogen (secondary N) is 1. The van der Waals surface area contributed by atoms with Gasteiger partial charge in [0, 0.05) is 44.1 Å². The largest absolute Gasteiger partial charge is 0.492 e. The highest BCUT2D eigenvalue weighted by Gasteiger charge is 2.48. The smallest absolute Gasteiger partial charge is 0.339 e. The molecule has 164 valence electrons. The van der Waals surface area contributed by atoms with Gasteiger partial charge in [0.2, 0.25) is 0 Å². The predicted molar refractivity (Wildman–Crippen MR) is 111 cm³/mol. The molecule has 0 bridgehead atoms. The zero-order chi connectivity index (χ0) is 19.1. The Morgan fingerprint density at radius 2 is 1.83 bits per heavy atom. The zero-order valence-electron chi connectivity index (χ0n) is 15.8. The van der Waals surface area contributed by atoms with Crippen LogP contribution < -0.4 is 10.1 Å². The number of esters is 1. The fourth-order valence-electron chi connectivity index (χ4n) is 4.02. The number of nitrogens with zero attached hydrogens (tertiary/aromatic N) is 1. The summed E-state index contributed by atoms with van der Waals surface area (Å²) in [5, 5.41) is 3.20. The van der Waals surface area contributed by atoms with Crippen LogP contribution in [0, 0.1) is 5.82 Å². The number of fused-ring (bicyclic) bond motifs is 2. The van der Waals surface area contributed by atoms with Crippen molar-refractivity contribution in [3.8, 4) is 5.75 Å². The normalized spacial score (nSPS) is 22.2. The van der Waals surface area contributed by atoms with E-state index in [0.29, 0.717) is 63.5 Å². The van der Waals surface area contributed by atoms with Crippen LogP contribution in [0.1, 0.15) is 28.8 Å². The lowest BCUT2D eigenvalue weighted by Crippen LogP contribution is -2.42. The molecule has 3 aliphatic rings. The quantitative estimate of drug-likeness (QED) is 0.667. The zero-order valence-corrected chi connectivity index (χ0v) is 18.3. The molecule has 7 nitrogen and oxygen atoms in total. The summed E-state index contributed by atoms with van der Waals surface area (Å²) < 4.78 is 48.9. The fourth-order valence-corrected chi connectivity index (χ4v) is 5.30. The lowest BCUT2D eigenvalue weighted by Gasteiger charge is -2.33. The molecular weight excluding hydrogens is 446 g/mol. The van der Waals surface area contributed by atoms with Crippen LogP contribution in [0.2, 0.25) is 0 Å². The third kappa shape index (κ3) is 4.96. The standard InChI is InChI=1S/C18H23FN2O5S.2ClH/c19-15-12-13(25-8-5-21-6-9-27(23,24)10-7-21)11-14-16(15)18(26-17(14)22)1-3-20-4-2-18;;/h11-12,20H,1-10H2;2*1H. The van der Waals surface area contributed by atoms with Crippen molar-refractivity contribution >= 4 is 40.6 Å². The fraction of sp³-hybridized carbons (Fsp3) is 0.611. The summed E-state index contributed by atoms with van der Waals surface area (Å²) in [5.74, 6) is -0.373. The second-order valence-corrected chi connectivity index (χ2v) is 9.61. The molecule has 29 heavy (non-hydrogen) atoms. The summed E-state index contributed by atoms with van der Waals surface area (Å²) in [6, 6.07) is 2.86. The van der Waals surface area contributed by atoms with Crippen LogP contribution in [0.5, 0.6) is 5.75 Å². The average Bonchev–Trinajstić information content (AvgIpc) is 2.89. The highest BCUT2D eigenvalue weighted by Crippen LogP contribution is 2.45. The number of sulfone groups is 1. The summed E-state index contributed by atoms with van der Waals surface area (Å²) in [7, 11) is -2.91. The number of ether oxygens (including phenoxy) is 2. The third-order valence-electron chi connectivity index (χ3n) is 5.55. The van der Waals surface area contributed by atoms with Gasteiger partial charge in [-0.05, 0) is 19.2 Å². The highest BCUT2D eigenvalue weighted by atomic mass is 35.5. The van der Waals surface area contributed by atoms with Crippen molar-refractivity contribution in [2.45, 2.75) is 18.4 Å². The van der Waals surface area contributed by atoms with E-state index in [2.05, 4.69) is 5.32 Å². The second-order valence-electron chi connectivity index (χ2n) is 7.30. The van der Waals surface area contributed by atoms with E-state index in [1.165, 1.54) is 6.07 Å². The van der Waals surface area contributed by atoms with E-state index in [4.69, 9.17) is 9.47 Å². The van der Waals surface area contributed by atoms with E-state index in [1.54, 1.807) is 6.07 Å². The molecule has 1 aromatic carbocycles. The maximum absolute atomic E-state index is 14.8. The molecule has 0 amide bonds. The predicted octanol–water partition coefficient (Wildman–Crippen LogP) is 1.53. The Balaban J connectivity index is 0.00000150. The first-order chi connectivity index (χ1) is 12.9. The van der Waals surface area contributed by atoms with Crippen molar-refractivity contribution in [1.82, 2.24) is 10.2 Å². The molecule has 1 aromatic rings. The van der Waals surface area contributed by atoms with E-state index < -0.39 is 27.2 Å². The van der Waals surface area contributed by atoms with Gasteiger partial charge in [-0.3, -0.25) is 4.90 Å². The SMILES string of the molecule is Cl.Cl.O=C1OC2(CCNCC2)c2c(F)cc(OCCN3CCS(=O)(=O)CC3)cc21. The van der Waals surface area contributed by atoms with E-state index in [0.717, 1.165) is 0 Å². The molecule has 1 spiro atoms. The molecule has 3 heterocycles. The van der Waals surface area contributed by atoms with Crippen molar-refractivity contribution in [1.29, 1.82) is 0 Å². The minimum atomic E-state index is -2.91. The van der Waals surface area contributed by atoms with Crippen LogP contribution in [0.3, 0.4) is 0 Å². The van der Waals surface area contributed by atoms with Gasteiger partial charge in [-0.1, -0.05) is 0 Å². The van der Waals surface area contributed by atoms with Crippen LogP contribution in [-0.4, -0.2) is 70.1 Å². The molecule has 4 rings (SSSR count). The number of carbonyl (C=O) groups is 1. The molecule has 11 heteroatoms. The van der Waals surface area contributed by atoms with Crippen molar-refractivity contribution < 1.29 is 27.1 Å². The van der Waals surface area contributed by atoms with E-state index in [9.17, 15) is 17.6 Å². The second kappa shape index (κ2) is 9.34. The van der Waals surface area contributed by atoms with Gasteiger partial charge in [-0.2, -0.15) is 0 Å². The molecule has 0 saturated carbocycles. The van der Waals surface area contributed by atoms with Gasteiger partial charge in [-0.15, -0.1) is 24.8 Å². The van der Waals surface area contributed by atoms with Gasteiger partial charge in [0.1, 0.15) is 23.8 Å². The molecule has 3 aliphatic heterocycles. The van der Waals surface area contributed by atoms with Crippen molar-refractivity contribution in [2.24, 2.45) is 0 Å². The summed E-state index contributed by atoms with van der Waals surface area (Å²) in [5.41, 5.74) is -0.266. The number of hydrogen-bond donors (Lipinski definition) is 1. The van der Waals surface area contributed by atoms with E-state index in [-0.39, 0.29) is 41.9 Å². The van der Waals surface area contributed by atoms with Gasteiger partial charge in [0.05, 0.1) is 17.1 Å². The molecule has 1 N–H and O–H groups in total. The van der Waals surface area contributed by atoms with Crippen molar-refractivity contribution in [2.75, 3.05) is 50.8 Å². The number of piperidine rings is 1. The third-order valence-corrected chi connectivity index (χ3v) is 7.16. The summed E-state index contributed by atoms with van der Waals surface area (Å²) in [6.45, 7) is 3.16. The number of halogens is 3. The van der Waals surface area contributed by atoms with Crippen LogP contribution >= 0.6 is 24.8 Å². The lowest BCUT2D eigenvalue weighted by molar-refractivity contribution is -0.0255. The lowest BCUT2D eigenvalue weighted by atomic mass is 9.84. The minimum absolute atomic E-state index is 0. The Labute approximate surface area is 182 Å². The Bertz CT molecular complexity index is 848. The van der Waals surface area contributed by atoms with Gasteiger partial charge in [0.15, 0.2) is 9.84 Å². The number of carbonyl (C=O) groups excluding carboxylic acids is 1. The van der Waals surface area contributed by atoms with Gasteiger partial charge >= 0.3 is 5.97 Å². The Morgan fingerprint density at radius 3 is 2.48 bits per heavy atom. The van der Waals surface area contributed by atoms with Gasteiger partial charge in [0.25, 0.3) is 0 Å². The topological polar surface area (TPSA) is 84.9 Å². The molecule has 2 saturated heterocycles. The van der Waals surface area contributed by atoms with Crippen LogP contribution in [0.4, 0.5) is 4.39 Å². The molecule has 0 radical (unpaired) electrons. The molecule has 0 atom stereocenters. The summed E-state index contributed by atoms with van der Waals surface area (Å²) in [4.78, 5) is 14.3. The first-order valence-electron chi connectivity index (χ1n) is 9.22. The number of rotatable bonds is 4. The number of hydrogen-bond acceptors (Lipinski definition) is 7. The Kier molecular flexibility index (Phi) is 7.78. The van der Waals surface area contributed by atoms with E-state index in [1.807, 2.05) is 4.90 Å². The maximum atomic E-state index is 14.8. The first kappa shape index (κ1) is 24.1. The molecule has 0 aliphatic carbocycles. The minimum Gasteiger partial charge on any atom is -0.492 e. The molecule has 0 unspecified atom stereocenters. The first-order valence-corrected chi connectivity index (χ1v) is 11.0. The van der Waals surface area contributed by atoms with Gasteiger partial charge in [-0.25, -0.2) is 17.6 Å². The van der Waals surface area contributed by atoms with Gasteiger partial charge < -0.3 is 14.8 Å². The molecular formula is C18H25Cl2FN2O5S. The van der Waals surface area contributed by atoms with Crippen molar-refractivity contribution in [3.05, 3.63) is 29.1 Å². The monoisotopic (exact) mass is 470 g/mol. The highest BCUT2D eigenvalue weighted by molar-refractivity contribution is 7.91. The Morgan fingerprint density at radius 1 is 1.17 bits per heavy atom. The van der Waals surface area contributed by atoms with Crippen LogP contribution in [-0.2, 0) is 20.2 Å². The Hall–Kier alpha value is -1.13. The average molecular weight is 471 g/mol. The van der Waals surface area contributed by atoms with Crippen LogP contribution in [0.25, 0.3) is 0 Å².